The lowest BCUT2D eigenvalue weighted by Crippen LogP contribution is -1.92. The van der Waals surface area contributed by atoms with Crippen LogP contribution < -0.4 is 4.74 Å². The molecule has 3 nitrogen and oxygen atoms in total. The number of ether oxygens (including phenoxy) is 1. The van der Waals surface area contributed by atoms with Crippen LogP contribution in [0.2, 0.25) is 0 Å². The van der Waals surface area contributed by atoms with Gasteiger partial charge in [-0.15, -0.1) is 11.3 Å². The van der Waals surface area contributed by atoms with Crippen LogP contribution in [0.15, 0.2) is 41.8 Å². The van der Waals surface area contributed by atoms with Crippen LogP contribution in [0.4, 0.5) is 0 Å². The Morgan fingerprint density at radius 1 is 1.42 bits per heavy atom. The fourth-order valence-electron chi connectivity index (χ4n) is 1.58. The van der Waals surface area contributed by atoms with E-state index in [1.807, 2.05) is 18.4 Å². The smallest absolute Gasteiger partial charge is 0.195 e. The van der Waals surface area contributed by atoms with Crippen LogP contribution in [0.25, 0.3) is 6.08 Å². The molecule has 0 radical (unpaired) electrons. The molecule has 0 spiro atoms. The minimum Gasteiger partial charge on any atom is -0.504 e. The summed E-state index contributed by atoms with van der Waals surface area (Å²) in [6.45, 7) is 2.33. The average Bonchev–Trinajstić information content (AvgIpc) is 2.93. The molecule has 1 aromatic heterocycles. The molecule has 0 aliphatic carbocycles. The molecule has 0 atom stereocenters. The van der Waals surface area contributed by atoms with Crippen LogP contribution in [0.5, 0.6) is 11.5 Å². The van der Waals surface area contributed by atoms with Crippen molar-refractivity contribution in [3.05, 3.63) is 52.2 Å². The van der Waals surface area contributed by atoms with Gasteiger partial charge in [0.05, 0.1) is 11.5 Å². The van der Waals surface area contributed by atoms with E-state index in [-0.39, 0.29) is 11.5 Å². The van der Waals surface area contributed by atoms with Gasteiger partial charge in [-0.2, -0.15) is 0 Å². The van der Waals surface area contributed by atoms with Crippen LogP contribution in [-0.4, -0.2) is 17.5 Å². The molecule has 0 fully saturated rings. The van der Waals surface area contributed by atoms with Gasteiger partial charge in [0.1, 0.15) is 0 Å². The second-order valence-electron chi connectivity index (χ2n) is 3.84. The molecule has 2 aromatic rings. The van der Waals surface area contributed by atoms with Crippen LogP contribution >= 0.6 is 11.3 Å². The molecule has 19 heavy (non-hydrogen) atoms. The number of thiophene rings is 1. The second kappa shape index (κ2) is 6.20. The highest BCUT2D eigenvalue weighted by Gasteiger charge is 2.04. The van der Waals surface area contributed by atoms with Crippen molar-refractivity contribution < 1.29 is 14.6 Å². The molecule has 0 saturated carbocycles. The number of phenolic OH excluding ortho intramolecular Hbond substituents is 1. The van der Waals surface area contributed by atoms with E-state index in [1.165, 1.54) is 17.4 Å². The Morgan fingerprint density at radius 2 is 2.26 bits per heavy atom. The molecule has 0 amide bonds. The van der Waals surface area contributed by atoms with Crippen molar-refractivity contribution in [1.82, 2.24) is 0 Å². The van der Waals surface area contributed by atoms with E-state index in [4.69, 9.17) is 4.74 Å². The lowest BCUT2D eigenvalue weighted by Gasteiger charge is -2.06. The first-order chi connectivity index (χ1) is 9.20. The molecule has 98 valence electrons. The SMILES string of the molecule is CCOc1cc(/C=C/C(=O)c2cccs2)ccc1O. The largest absolute Gasteiger partial charge is 0.504 e. The zero-order valence-corrected chi connectivity index (χ0v) is 11.3. The number of carbonyl (C=O) groups is 1. The van der Waals surface area contributed by atoms with E-state index in [2.05, 4.69) is 0 Å². The van der Waals surface area contributed by atoms with E-state index in [0.29, 0.717) is 17.2 Å². The minimum absolute atomic E-state index is 0.0268. The van der Waals surface area contributed by atoms with Crippen molar-refractivity contribution in [3.63, 3.8) is 0 Å². The third-order valence-corrected chi connectivity index (χ3v) is 3.36. The van der Waals surface area contributed by atoms with Gasteiger partial charge in [0, 0.05) is 0 Å². The van der Waals surface area contributed by atoms with Crippen LogP contribution in [0.1, 0.15) is 22.2 Å². The van der Waals surface area contributed by atoms with Crippen molar-refractivity contribution in [2.75, 3.05) is 6.61 Å². The molecule has 0 saturated heterocycles. The number of rotatable bonds is 5. The molecule has 1 N–H and O–H groups in total. The average molecular weight is 274 g/mol. The lowest BCUT2D eigenvalue weighted by atomic mass is 10.1. The Hall–Kier alpha value is -2.07. The summed E-state index contributed by atoms with van der Waals surface area (Å²) in [7, 11) is 0. The van der Waals surface area contributed by atoms with Gasteiger partial charge in [-0.05, 0) is 42.1 Å². The summed E-state index contributed by atoms with van der Waals surface area (Å²) >= 11 is 1.41. The van der Waals surface area contributed by atoms with Crippen molar-refractivity contribution in [3.8, 4) is 11.5 Å². The van der Waals surface area contributed by atoms with Gasteiger partial charge in [-0.3, -0.25) is 4.79 Å². The van der Waals surface area contributed by atoms with Gasteiger partial charge in [0.2, 0.25) is 0 Å². The predicted octanol–water partition coefficient (Wildman–Crippen LogP) is 3.75. The Morgan fingerprint density at radius 3 is 2.95 bits per heavy atom. The molecule has 0 bridgehead atoms. The maximum Gasteiger partial charge on any atom is 0.195 e. The number of ketones is 1. The summed E-state index contributed by atoms with van der Waals surface area (Å²) < 4.78 is 5.29. The lowest BCUT2D eigenvalue weighted by molar-refractivity contribution is 0.105. The van der Waals surface area contributed by atoms with Gasteiger partial charge in [-0.25, -0.2) is 0 Å². The maximum absolute atomic E-state index is 11.8. The van der Waals surface area contributed by atoms with Crippen LogP contribution in [0.3, 0.4) is 0 Å². The summed E-state index contributed by atoms with van der Waals surface area (Å²) in [6, 6.07) is 8.63. The molecule has 0 aliphatic rings. The number of carbonyl (C=O) groups excluding carboxylic acids is 1. The minimum atomic E-state index is -0.0268. The first kappa shape index (κ1) is 13.4. The molecular formula is C15H14O3S. The first-order valence-electron chi connectivity index (χ1n) is 5.92. The predicted molar refractivity (Wildman–Crippen MR) is 77.0 cm³/mol. The molecular weight excluding hydrogens is 260 g/mol. The number of hydrogen-bond acceptors (Lipinski definition) is 4. The van der Waals surface area contributed by atoms with E-state index in [1.54, 1.807) is 30.3 Å². The number of phenols is 1. The standard InChI is InChI=1S/C15H14O3S/c1-2-18-14-10-11(5-7-12(14)16)6-8-13(17)15-4-3-9-19-15/h3-10,16H,2H2,1H3/b8-6+. The summed E-state index contributed by atoms with van der Waals surface area (Å²) in [4.78, 5) is 12.5. The monoisotopic (exact) mass is 274 g/mol. The quantitative estimate of drug-likeness (QED) is 0.667. The normalized spacial score (nSPS) is 10.8. The molecule has 1 aromatic carbocycles. The Bertz CT molecular complexity index is 585. The van der Waals surface area contributed by atoms with Crippen molar-refractivity contribution in [2.24, 2.45) is 0 Å². The third-order valence-electron chi connectivity index (χ3n) is 2.47. The van der Waals surface area contributed by atoms with Crippen molar-refractivity contribution in [2.45, 2.75) is 6.92 Å². The molecule has 1 heterocycles. The van der Waals surface area contributed by atoms with Gasteiger partial charge in [-0.1, -0.05) is 18.2 Å². The highest BCUT2D eigenvalue weighted by molar-refractivity contribution is 7.12. The number of aromatic hydroxyl groups is 1. The molecule has 4 heteroatoms. The third kappa shape index (κ3) is 3.45. The van der Waals surface area contributed by atoms with E-state index in [9.17, 15) is 9.90 Å². The molecule has 2 rings (SSSR count). The fraction of sp³-hybridized carbons (Fsp3) is 0.133. The maximum atomic E-state index is 11.8. The Kier molecular flexibility index (Phi) is 4.36. The van der Waals surface area contributed by atoms with Gasteiger partial charge in [0.25, 0.3) is 0 Å². The molecule has 0 unspecified atom stereocenters. The van der Waals surface area contributed by atoms with E-state index in [0.717, 1.165) is 5.56 Å². The Balaban J connectivity index is 2.15. The summed E-state index contributed by atoms with van der Waals surface area (Å²) in [5.41, 5.74) is 0.811. The topological polar surface area (TPSA) is 46.5 Å². The number of allylic oxidation sites excluding steroid dienone is 1. The van der Waals surface area contributed by atoms with E-state index >= 15 is 0 Å². The number of hydrogen-bond donors (Lipinski definition) is 1. The number of benzene rings is 1. The van der Waals surface area contributed by atoms with Gasteiger partial charge >= 0.3 is 0 Å². The van der Waals surface area contributed by atoms with Crippen molar-refractivity contribution >= 4 is 23.2 Å². The Labute approximate surface area is 115 Å². The van der Waals surface area contributed by atoms with Crippen LogP contribution in [-0.2, 0) is 0 Å². The highest BCUT2D eigenvalue weighted by Crippen LogP contribution is 2.27. The van der Waals surface area contributed by atoms with E-state index < -0.39 is 0 Å². The fourth-order valence-corrected chi connectivity index (χ4v) is 2.22. The zero-order chi connectivity index (χ0) is 13.7. The first-order valence-corrected chi connectivity index (χ1v) is 6.80. The van der Waals surface area contributed by atoms with Gasteiger partial charge in [0.15, 0.2) is 17.3 Å². The summed E-state index contributed by atoms with van der Waals surface area (Å²) in [5.74, 6) is 0.498. The highest BCUT2D eigenvalue weighted by atomic mass is 32.1. The zero-order valence-electron chi connectivity index (χ0n) is 10.5. The van der Waals surface area contributed by atoms with Crippen LogP contribution in [0, 0.1) is 0 Å². The second-order valence-corrected chi connectivity index (χ2v) is 4.78. The summed E-state index contributed by atoms with van der Waals surface area (Å²) in [6.07, 6.45) is 3.23. The molecule has 0 aliphatic heterocycles. The summed E-state index contributed by atoms with van der Waals surface area (Å²) in [5, 5.41) is 11.4. The van der Waals surface area contributed by atoms with Gasteiger partial charge < -0.3 is 9.84 Å². The van der Waals surface area contributed by atoms with Crippen molar-refractivity contribution in [1.29, 1.82) is 0 Å².